The van der Waals surface area contributed by atoms with E-state index in [2.05, 4.69) is 10.9 Å². The molecule has 0 aliphatic carbocycles. The first kappa shape index (κ1) is 20.2. The highest BCUT2D eigenvalue weighted by Gasteiger charge is 2.34. The first-order valence-corrected chi connectivity index (χ1v) is 9.88. The summed E-state index contributed by atoms with van der Waals surface area (Å²) in [6, 6.07) is 5.70. The van der Waals surface area contributed by atoms with Gasteiger partial charge in [-0.05, 0) is 31.9 Å². The number of anilines is 1. The molecule has 2 aromatic rings. The molecule has 0 radical (unpaired) electrons. The van der Waals surface area contributed by atoms with Gasteiger partial charge >= 0.3 is 12.1 Å². The highest BCUT2D eigenvalue weighted by Crippen LogP contribution is 2.34. The van der Waals surface area contributed by atoms with Crippen LogP contribution < -0.4 is 10.9 Å². The van der Waals surface area contributed by atoms with Gasteiger partial charge in [0.2, 0.25) is 10.0 Å². The maximum Gasteiger partial charge on any atom is 0.418 e. The normalized spacial score (nSPS) is 15.6. The minimum Gasteiger partial charge on any atom is -0.455 e. The van der Waals surface area contributed by atoms with E-state index in [0.717, 1.165) is 31.0 Å². The van der Waals surface area contributed by atoms with Crippen molar-refractivity contribution in [3.05, 3.63) is 47.4 Å². The van der Waals surface area contributed by atoms with E-state index in [9.17, 15) is 26.4 Å². The van der Waals surface area contributed by atoms with Crippen LogP contribution >= 0.6 is 0 Å². The number of aryl methyl sites for hydroxylation is 1. The molecule has 1 saturated heterocycles. The van der Waals surface area contributed by atoms with Gasteiger partial charge in [0.15, 0.2) is 5.76 Å². The van der Waals surface area contributed by atoms with E-state index >= 15 is 0 Å². The van der Waals surface area contributed by atoms with Gasteiger partial charge in [0.1, 0.15) is 10.7 Å². The Kier molecular flexibility index (Phi) is 5.39. The Morgan fingerprint density at radius 2 is 1.82 bits per heavy atom. The fourth-order valence-corrected chi connectivity index (χ4v) is 4.60. The molecule has 2 N–H and O–H groups in total. The van der Waals surface area contributed by atoms with Gasteiger partial charge in [-0.15, -0.1) is 0 Å². The number of sulfonamides is 1. The van der Waals surface area contributed by atoms with Crippen molar-refractivity contribution in [2.75, 3.05) is 18.5 Å². The number of alkyl halides is 3. The third-order valence-corrected chi connectivity index (χ3v) is 6.33. The molecule has 1 aromatic carbocycles. The van der Waals surface area contributed by atoms with Crippen molar-refractivity contribution in [2.24, 2.45) is 0 Å². The molecule has 0 atom stereocenters. The van der Waals surface area contributed by atoms with Crippen LogP contribution in [0.5, 0.6) is 0 Å². The summed E-state index contributed by atoms with van der Waals surface area (Å²) in [4.78, 5) is 12.1. The van der Waals surface area contributed by atoms with Crippen LogP contribution in [0.1, 0.15) is 34.7 Å². The number of carbonyl (C=O) groups excluding carboxylic acids is 1. The van der Waals surface area contributed by atoms with Crippen LogP contribution in [0.25, 0.3) is 0 Å². The molecule has 0 bridgehead atoms. The van der Waals surface area contributed by atoms with E-state index in [4.69, 9.17) is 4.42 Å². The van der Waals surface area contributed by atoms with Crippen LogP contribution in [0.3, 0.4) is 0 Å². The number of amides is 1. The van der Waals surface area contributed by atoms with Gasteiger partial charge in [-0.2, -0.15) is 17.5 Å². The van der Waals surface area contributed by atoms with E-state index in [1.165, 1.54) is 23.4 Å². The van der Waals surface area contributed by atoms with Gasteiger partial charge in [-0.1, -0.05) is 12.1 Å². The van der Waals surface area contributed by atoms with Crippen LogP contribution in [0.4, 0.5) is 18.9 Å². The Balaban J connectivity index is 1.77. The molecule has 11 heteroatoms. The van der Waals surface area contributed by atoms with E-state index in [1.807, 2.05) is 0 Å². The van der Waals surface area contributed by atoms with Gasteiger partial charge in [-0.25, -0.2) is 8.42 Å². The monoisotopic (exact) mass is 417 g/mol. The summed E-state index contributed by atoms with van der Waals surface area (Å²) in [6.45, 7) is 2.20. The van der Waals surface area contributed by atoms with Crippen molar-refractivity contribution < 1.29 is 30.8 Å². The molecule has 152 valence electrons. The van der Waals surface area contributed by atoms with Crippen LogP contribution in [0, 0.1) is 6.92 Å². The minimum atomic E-state index is -4.60. The summed E-state index contributed by atoms with van der Waals surface area (Å²) in [7, 11) is -3.78. The third kappa shape index (κ3) is 3.99. The Morgan fingerprint density at radius 1 is 1.18 bits per heavy atom. The SMILES string of the molecule is Cc1oc(C(=O)NNc2ccccc2C(F)(F)F)cc1S(=O)(=O)N1CCCC1. The maximum atomic E-state index is 13.0. The van der Waals surface area contributed by atoms with Crippen molar-refractivity contribution in [3.8, 4) is 0 Å². The molecule has 7 nitrogen and oxygen atoms in total. The lowest BCUT2D eigenvalue weighted by molar-refractivity contribution is -0.137. The van der Waals surface area contributed by atoms with E-state index in [0.29, 0.717) is 13.1 Å². The average Bonchev–Trinajstić information content (AvgIpc) is 3.29. The first-order valence-electron chi connectivity index (χ1n) is 8.44. The van der Waals surface area contributed by atoms with Gasteiger partial charge in [0.25, 0.3) is 0 Å². The topological polar surface area (TPSA) is 91.6 Å². The van der Waals surface area contributed by atoms with Gasteiger partial charge in [-0.3, -0.25) is 15.6 Å². The number of benzene rings is 1. The summed E-state index contributed by atoms with van der Waals surface area (Å²) in [6.07, 6.45) is -3.09. The van der Waals surface area contributed by atoms with Crippen LogP contribution in [-0.2, 0) is 16.2 Å². The Hall–Kier alpha value is -2.53. The van der Waals surface area contributed by atoms with Crippen LogP contribution in [0.15, 0.2) is 39.6 Å². The number of furan rings is 1. The predicted octanol–water partition coefficient (Wildman–Crippen LogP) is 3.15. The molecule has 1 aliphatic heterocycles. The summed E-state index contributed by atoms with van der Waals surface area (Å²) < 4.78 is 70.7. The molecule has 1 aromatic heterocycles. The van der Waals surface area contributed by atoms with E-state index in [1.54, 1.807) is 0 Å². The smallest absolute Gasteiger partial charge is 0.418 e. The number of hydrogen-bond donors (Lipinski definition) is 2. The van der Waals surface area contributed by atoms with Crippen molar-refractivity contribution in [2.45, 2.75) is 30.8 Å². The number of rotatable bonds is 5. The summed E-state index contributed by atoms with van der Waals surface area (Å²) in [5.74, 6) is -1.19. The zero-order chi connectivity index (χ0) is 20.5. The number of halogens is 3. The van der Waals surface area contributed by atoms with E-state index < -0.39 is 27.7 Å². The summed E-state index contributed by atoms with van der Waals surface area (Å²) in [5, 5.41) is 0. The average molecular weight is 417 g/mol. The lowest BCUT2D eigenvalue weighted by Crippen LogP contribution is -2.30. The quantitative estimate of drug-likeness (QED) is 0.730. The van der Waals surface area contributed by atoms with Crippen LogP contribution in [0.2, 0.25) is 0 Å². The zero-order valence-corrected chi connectivity index (χ0v) is 15.7. The molecule has 28 heavy (non-hydrogen) atoms. The Bertz CT molecular complexity index is 980. The van der Waals surface area contributed by atoms with Gasteiger partial charge < -0.3 is 4.42 Å². The second-order valence-corrected chi connectivity index (χ2v) is 8.17. The molecule has 0 spiro atoms. The number of nitrogens with one attached hydrogen (secondary N) is 2. The fourth-order valence-electron chi connectivity index (χ4n) is 2.93. The number of para-hydroxylation sites is 1. The van der Waals surface area contributed by atoms with Crippen molar-refractivity contribution in [1.29, 1.82) is 0 Å². The predicted molar refractivity (Wildman–Crippen MR) is 94.0 cm³/mol. The number of hydrogen-bond acceptors (Lipinski definition) is 5. The third-order valence-electron chi connectivity index (χ3n) is 4.32. The standard InChI is InChI=1S/C17H18F3N3O4S/c1-11-15(28(25,26)23-8-4-5-9-23)10-14(27-11)16(24)22-21-13-7-3-2-6-12(13)17(18,19)20/h2-3,6-7,10,21H,4-5,8-9H2,1H3,(H,22,24). The summed E-state index contributed by atoms with van der Waals surface area (Å²) in [5.41, 5.74) is 2.99. The molecular formula is C17H18F3N3O4S. The molecule has 0 unspecified atom stereocenters. The minimum absolute atomic E-state index is 0.0349. The largest absolute Gasteiger partial charge is 0.455 e. The van der Waals surface area contributed by atoms with Crippen LogP contribution in [-0.4, -0.2) is 31.7 Å². The fraction of sp³-hybridized carbons (Fsp3) is 0.353. The molecule has 3 rings (SSSR count). The van der Waals surface area contributed by atoms with Crippen molar-refractivity contribution >= 4 is 21.6 Å². The molecule has 2 heterocycles. The lowest BCUT2D eigenvalue weighted by atomic mass is 10.2. The van der Waals surface area contributed by atoms with Crippen molar-refractivity contribution in [3.63, 3.8) is 0 Å². The first-order chi connectivity index (χ1) is 13.1. The molecule has 1 amide bonds. The highest BCUT2D eigenvalue weighted by atomic mass is 32.2. The summed E-state index contributed by atoms with van der Waals surface area (Å²) >= 11 is 0. The maximum absolute atomic E-state index is 13.0. The van der Waals surface area contributed by atoms with Gasteiger partial charge in [0, 0.05) is 19.2 Å². The molecular weight excluding hydrogens is 399 g/mol. The number of carbonyl (C=O) groups is 1. The number of hydrazine groups is 1. The van der Waals surface area contributed by atoms with Gasteiger partial charge in [0.05, 0.1) is 11.3 Å². The molecule has 0 saturated carbocycles. The highest BCUT2D eigenvalue weighted by molar-refractivity contribution is 7.89. The number of nitrogens with zero attached hydrogens (tertiary/aromatic N) is 1. The Morgan fingerprint density at radius 3 is 2.46 bits per heavy atom. The molecule has 1 fully saturated rings. The second kappa shape index (κ2) is 7.47. The lowest BCUT2D eigenvalue weighted by Gasteiger charge is -2.14. The van der Waals surface area contributed by atoms with Crippen molar-refractivity contribution in [1.82, 2.24) is 9.73 Å². The Labute approximate surface area is 159 Å². The van der Waals surface area contributed by atoms with E-state index in [-0.39, 0.29) is 22.1 Å². The second-order valence-electron chi connectivity index (χ2n) is 6.26. The zero-order valence-electron chi connectivity index (χ0n) is 14.8. The molecule has 1 aliphatic rings.